The van der Waals surface area contributed by atoms with Gasteiger partial charge in [-0.15, -0.1) is 11.3 Å². The minimum atomic E-state index is -0.316. The van der Waals surface area contributed by atoms with Gasteiger partial charge in [0.05, 0.1) is 18.3 Å². The molecule has 0 saturated heterocycles. The Bertz CT molecular complexity index is 1190. The molecule has 0 spiro atoms. The van der Waals surface area contributed by atoms with Crippen LogP contribution in [0.3, 0.4) is 0 Å². The van der Waals surface area contributed by atoms with Gasteiger partial charge in [0.1, 0.15) is 10.8 Å². The zero-order chi connectivity index (χ0) is 21.4. The van der Waals surface area contributed by atoms with E-state index in [2.05, 4.69) is 15.3 Å². The lowest BCUT2D eigenvalue weighted by Gasteiger charge is -2.14. The van der Waals surface area contributed by atoms with Crippen molar-refractivity contribution in [1.29, 1.82) is 0 Å². The summed E-state index contributed by atoms with van der Waals surface area (Å²) in [6, 6.07) is 6.31. The van der Waals surface area contributed by atoms with Gasteiger partial charge >= 0.3 is 0 Å². The van der Waals surface area contributed by atoms with E-state index in [9.17, 15) is 14.0 Å². The van der Waals surface area contributed by atoms with E-state index in [1.807, 2.05) is 13.8 Å². The molecule has 0 bridgehead atoms. The average Bonchev–Trinajstić information content (AvgIpc) is 3.28. The molecule has 0 saturated carbocycles. The summed E-state index contributed by atoms with van der Waals surface area (Å²) in [6.45, 7) is 5.76. The molecular weight excluding hydrogens is 423 g/mol. The predicted octanol–water partition coefficient (Wildman–Crippen LogP) is 3.78. The van der Waals surface area contributed by atoms with Crippen molar-refractivity contribution in [3.05, 3.63) is 62.3 Å². The molecular formula is C21H21FN4O2S2. The second kappa shape index (κ2) is 8.31. The maximum atomic E-state index is 14.0. The van der Waals surface area contributed by atoms with Gasteiger partial charge in [-0.05, 0) is 32.9 Å². The molecule has 4 rings (SSSR count). The molecule has 0 unspecified atom stereocenters. The monoisotopic (exact) mass is 444 g/mol. The number of hydrogen-bond donors (Lipinski definition) is 1. The van der Waals surface area contributed by atoms with E-state index in [4.69, 9.17) is 0 Å². The molecule has 9 heteroatoms. The molecule has 1 N–H and O–H groups in total. The molecule has 30 heavy (non-hydrogen) atoms. The van der Waals surface area contributed by atoms with E-state index < -0.39 is 0 Å². The summed E-state index contributed by atoms with van der Waals surface area (Å²) in [5.74, 6) is 0.192. The molecule has 0 aliphatic carbocycles. The molecule has 0 fully saturated rings. The van der Waals surface area contributed by atoms with Crippen LogP contribution in [0.4, 0.5) is 4.39 Å². The van der Waals surface area contributed by atoms with Crippen LogP contribution in [0.1, 0.15) is 34.3 Å². The molecule has 3 aromatic rings. The van der Waals surface area contributed by atoms with Gasteiger partial charge in [0.25, 0.3) is 5.56 Å². The summed E-state index contributed by atoms with van der Waals surface area (Å²) in [5, 5.41) is 4.19. The van der Waals surface area contributed by atoms with E-state index in [-0.39, 0.29) is 29.7 Å². The second-order valence-corrected chi connectivity index (χ2v) is 9.30. The first kappa shape index (κ1) is 20.7. The number of hydrogen-bond acceptors (Lipinski definition) is 6. The van der Waals surface area contributed by atoms with Gasteiger partial charge in [0.2, 0.25) is 5.91 Å². The minimum Gasteiger partial charge on any atom is -0.351 e. The van der Waals surface area contributed by atoms with Crippen molar-refractivity contribution in [3.8, 4) is 10.6 Å². The largest absolute Gasteiger partial charge is 0.351 e. The Kier molecular flexibility index (Phi) is 5.75. The lowest BCUT2D eigenvalue weighted by Crippen LogP contribution is -2.31. The summed E-state index contributed by atoms with van der Waals surface area (Å²) in [4.78, 5) is 35.0. The van der Waals surface area contributed by atoms with Crippen LogP contribution in [0.15, 0.2) is 34.2 Å². The number of carbonyl (C=O) groups is 1. The van der Waals surface area contributed by atoms with Gasteiger partial charge in [-0.25, -0.2) is 14.4 Å². The fourth-order valence-electron chi connectivity index (χ4n) is 3.33. The van der Waals surface area contributed by atoms with Gasteiger partial charge in [0, 0.05) is 33.9 Å². The molecule has 3 heterocycles. The number of thioether (sulfide) groups is 1. The lowest BCUT2D eigenvalue weighted by atomic mass is 10.2. The van der Waals surface area contributed by atoms with Crippen LogP contribution >= 0.6 is 23.1 Å². The fraction of sp³-hybridized carbons (Fsp3) is 0.333. The molecule has 0 radical (unpaired) electrons. The molecule has 156 valence electrons. The van der Waals surface area contributed by atoms with Gasteiger partial charge < -0.3 is 5.32 Å². The number of rotatable bonds is 5. The topological polar surface area (TPSA) is 76.9 Å². The first-order chi connectivity index (χ1) is 14.3. The van der Waals surface area contributed by atoms with Crippen molar-refractivity contribution < 1.29 is 9.18 Å². The number of aryl methyl sites for hydroxylation is 2. The number of nitrogens with one attached hydrogen (secondary N) is 1. The van der Waals surface area contributed by atoms with Gasteiger partial charge in [0.15, 0.2) is 5.16 Å². The van der Waals surface area contributed by atoms with Crippen LogP contribution in [0, 0.1) is 26.6 Å². The van der Waals surface area contributed by atoms with Crippen LogP contribution < -0.4 is 10.9 Å². The zero-order valence-corrected chi connectivity index (χ0v) is 18.5. The van der Waals surface area contributed by atoms with E-state index in [1.165, 1.54) is 29.2 Å². The van der Waals surface area contributed by atoms with Crippen molar-refractivity contribution in [3.63, 3.8) is 0 Å². The molecule has 1 aliphatic heterocycles. The number of carbonyl (C=O) groups excluding carboxylic acids is 1. The molecule has 6 nitrogen and oxygen atoms in total. The highest BCUT2D eigenvalue weighted by molar-refractivity contribution is 7.99. The number of nitrogens with zero attached hydrogens (tertiary/aromatic N) is 3. The number of aromatic nitrogens is 3. The molecule has 1 aliphatic rings. The van der Waals surface area contributed by atoms with Crippen molar-refractivity contribution in [2.24, 2.45) is 0 Å². The number of halogens is 1. The smallest absolute Gasteiger partial charge is 0.257 e. The third-order valence-electron chi connectivity index (χ3n) is 5.19. The quantitative estimate of drug-likeness (QED) is 0.606. The third kappa shape index (κ3) is 3.91. The maximum absolute atomic E-state index is 14.0. The average molecular weight is 445 g/mol. The Morgan fingerprint density at radius 1 is 1.23 bits per heavy atom. The summed E-state index contributed by atoms with van der Waals surface area (Å²) in [6.07, 6.45) is 0.210. The minimum absolute atomic E-state index is 0.0758. The van der Waals surface area contributed by atoms with Crippen LogP contribution in [0.25, 0.3) is 10.6 Å². The number of amides is 1. The van der Waals surface area contributed by atoms with Crippen LogP contribution in [0.2, 0.25) is 0 Å². The molecule has 1 amide bonds. The SMILES string of the molecule is Cc1nc(-c2ccccc2F)sc1CNC(=O)C[C@H]1CSc2nc(C)c(C)c(=O)n21. The van der Waals surface area contributed by atoms with Crippen LogP contribution in [0.5, 0.6) is 0 Å². The Hall–Kier alpha value is -2.52. The van der Waals surface area contributed by atoms with Crippen molar-refractivity contribution in [2.45, 2.75) is 44.9 Å². The highest BCUT2D eigenvalue weighted by Gasteiger charge is 2.28. The number of fused-ring (bicyclic) bond motifs is 1. The first-order valence-electron chi connectivity index (χ1n) is 9.55. The fourth-order valence-corrected chi connectivity index (χ4v) is 5.54. The Morgan fingerprint density at radius 3 is 2.77 bits per heavy atom. The summed E-state index contributed by atoms with van der Waals surface area (Å²) in [7, 11) is 0. The van der Waals surface area contributed by atoms with Crippen molar-refractivity contribution >= 4 is 29.0 Å². The maximum Gasteiger partial charge on any atom is 0.257 e. The van der Waals surface area contributed by atoms with E-state index >= 15 is 0 Å². The highest BCUT2D eigenvalue weighted by Crippen LogP contribution is 2.33. The normalized spacial score (nSPS) is 15.3. The van der Waals surface area contributed by atoms with Crippen molar-refractivity contribution in [2.75, 3.05) is 5.75 Å². The van der Waals surface area contributed by atoms with Gasteiger partial charge in [-0.1, -0.05) is 23.9 Å². The van der Waals surface area contributed by atoms with E-state index in [0.29, 0.717) is 33.6 Å². The van der Waals surface area contributed by atoms with Crippen LogP contribution in [-0.4, -0.2) is 26.2 Å². The van der Waals surface area contributed by atoms with Gasteiger partial charge in [-0.2, -0.15) is 0 Å². The van der Waals surface area contributed by atoms with Crippen LogP contribution in [-0.2, 0) is 11.3 Å². The Morgan fingerprint density at radius 2 is 2.00 bits per heavy atom. The Labute approximate surface area is 181 Å². The van der Waals surface area contributed by atoms with Gasteiger partial charge in [-0.3, -0.25) is 14.2 Å². The second-order valence-electron chi connectivity index (χ2n) is 7.23. The number of benzene rings is 1. The third-order valence-corrected chi connectivity index (χ3v) is 7.47. The molecule has 2 aromatic heterocycles. The van der Waals surface area contributed by atoms with E-state index in [0.717, 1.165) is 16.3 Å². The standard InChI is InChI=1S/C21H21FN4O2S2/c1-11-12(2)25-21-26(20(11)28)14(10-29-21)8-18(27)23-9-17-13(3)24-19(30-17)15-6-4-5-7-16(15)22/h4-7,14H,8-10H2,1-3H3,(H,23,27)/t14-/m0/s1. The zero-order valence-electron chi connectivity index (χ0n) is 16.9. The lowest BCUT2D eigenvalue weighted by molar-refractivity contribution is -0.121. The highest BCUT2D eigenvalue weighted by atomic mass is 32.2. The van der Waals surface area contributed by atoms with Crippen molar-refractivity contribution in [1.82, 2.24) is 19.9 Å². The molecule has 1 aromatic carbocycles. The summed E-state index contributed by atoms with van der Waals surface area (Å²) in [5.41, 5.74) is 2.50. The Balaban J connectivity index is 1.43. The number of thiazole rings is 1. The molecule has 1 atom stereocenters. The first-order valence-corrected chi connectivity index (χ1v) is 11.4. The summed E-state index contributed by atoms with van der Waals surface area (Å²) < 4.78 is 15.7. The van der Waals surface area contributed by atoms with E-state index in [1.54, 1.807) is 29.7 Å². The summed E-state index contributed by atoms with van der Waals surface area (Å²) >= 11 is 2.87. The predicted molar refractivity (Wildman–Crippen MR) is 116 cm³/mol.